The number of rotatable bonds is 5. The highest BCUT2D eigenvalue weighted by atomic mass is 19.1. The number of carbonyl (C=O) groups is 1. The van der Waals surface area contributed by atoms with Gasteiger partial charge in [0.25, 0.3) is 5.91 Å². The number of benzene rings is 1. The normalized spacial score (nSPS) is 11.1. The van der Waals surface area contributed by atoms with Gasteiger partial charge in [-0.15, -0.1) is 0 Å². The van der Waals surface area contributed by atoms with Crippen LogP contribution in [0.25, 0.3) is 0 Å². The van der Waals surface area contributed by atoms with E-state index >= 15 is 0 Å². The molecular weight excluding hydrogens is 264 g/mol. The number of nitriles is 1. The van der Waals surface area contributed by atoms with Gasteiger partial charge in [0.05, 0.1) is 0 Å². The van der Waals surface area contributed by atoms with Crippen LogP contribution in [0.15, 0.2) is 30.0 Å². The predicted octanol–water partition coefficient (Wildman–Crippen LogP) is 2.56. The van der Waals surface area contributed by atoms with E-state index < -0.39 is 23.2 Å². The van der Waals surface area contributed by atoms with Crippen LogP contribution in [-0.4, -0.2) is 12.5 Å². The molecule has 0 atom stereocenters. The molecule has 1 aromatic carbocycles. The molecule has 4 nitrogen and oxygen atoms in total. The fourth-order valence-electron chi connectivity index (χ4n) is 1.32. The zero-order chi connectivity index (χ0) is 15.1. The zero-order valence-electron chi connectivity index (χ0n) is 11.2. The second-order valence-corrected chi connectivity index (χ2v) is 4.51. The molecular formula is C14H15F2N3O. The molecule has 6 heteroatoms. The van der Waals surface area contributed by atoms with Gasteiger partial charge in [-0.05, 0) is 18.1 Å². The lowest BCUT2D eigenvalue weighted by atomic mass is 10.2. The van der Waals surface area contributed by atoms with Gasteiger partial charge in [0.15, 0.2) is 0 Å². The lowest BCUT2D eigenvalue weighted by Gasteiger charge is -2.07. The Hall–Kier alpha value is -2.42. The quantitative estimate of drug-likeness (QED) is 0.643. The average Bonchev–Trinajstić information content (AvgIpc) is 2.39. The third-order valence-electron chi connectivity index (χ3n) is 2.36. The van der Waals surface area contributed by atoms with Crippen LogP contribution in [0.3, 0.4) is 0 Å². The average molecular weight is 279 g/mol. The SMILES string of the molecule is CC(C)CNC(=O)/C(C#N)=C\Nc1c(F)cccc1F. The summed E-state index contributed by atoms with van der Waals surface area (Å²) < 4.78 is 26.7. The van der Waals surface area contributed by atoms with Crippen molar-refractivity contribution >= 4 is 11.6 Å². The molecule has 0 aliphatic rings. The Bertz CT molecular complexity index is 542. The predicted molar refractivity (Wildman–Crippen MR) is 71.5 cm³/mol. The van der Waals surface area contributed by atoms with Crippen molar-refractivity contribution < 1.29 is 13.6 Å². The minimum absolute atomic E-state index is 0.232. The van der Waals surface area contributed by atoms with Crippen molar-refractivity contribution in [2.45, 2.75) is 13.8 Å². The van der Waals surface area contributed by atoms with Crippen molar-refractivity contribution in [3.8, 4) is 6.07 Å². The van der Waals surface area contributed by atoms with Crippen LogP contribution in [0.4, 0.5) is 14.5 Å². The third-order valence-corrected chi connectivity index (χ3v) is 2.36. The molecule has 0 fully saturated rings. The maximum absolute atomic E-state index is 13.3. The first kappa shape index (κ1) is 15.6. The number of carbonyl (C=O) groups excluding carboxylic acids is 1. The van der Waals surface area contributed by atoms with Gasteiger partial charge in [0, 0.05) is 12.7 Å². The second-order valence-electron chi connectivity index (χ2n) is 4.51. The third kappa shape index (κ3) is 4.35. The van der Waals surface area contributed by atoms with E-state index in [1.807, 2.05) is 13.8 Å². The summed E-state index contributed by atoms with van der Waals surface area (Å²) in [5, 5.41) is 13.7. The molecule has 0 aromatic heterocycles. The zero-order valence-corrected chi connectivity index (χ0v) is 11.2. The summed E-state index contributed by atoms with van der Waals surface area (Å²) >= 11 is 0. The largest absolute Gasteiger partial charge is 0.355 e. The van der Waals surface area contributed by atoms with E-state index in [2.05, 4.69) is 10.6 Å². The molecule has 106 valence electrons. The number of para-hydroxylation sites is 1. The van der Waals surface area contributed by atoms with Crippen LogP contribution < -0.4 is 10.6 Å². The first-order valence-corrected chi connectivity index (χ1v) is 6.04. The standard InChI is InChI=1S/C14H15F2N3O/c1-9(2)7-19-14(20)10(6-17)8-18-13-11(15)4-3-5-12(13)16/h3-5,8-9,18H,7H2,1-2H3,(H,19,20)/b10-8-. The Labute approximate surface area is 116 Å². The molecule has 0 saturated carbocycles. The molecule has 0 bridgehead atoms. The Morgan fingerprint density at radius 3 is 2.50 bits per heavy atom. The highest BCUT2D eigenvalue weighted by Gasteiger charge is 2.11. The summed E-state index contributed by atoms with van der Waals surface area (Å²) in [4.78, 5) is 11.6. The van der Waals surface area contributed by atoms with Gasteiger partial charge in [-0.3, -0.25) is 4.79 Å². The highest BCUT2D eigenvalue weighted by Crippen LogP contribution is 2.18. The van der Waals surface area contributed by atoms with Gasteiger partial charge < -0.3 is 10.6 Å². The second kappa shape index (κ2) is 7.24. The summed E-state index contributed by atoms with van der Waals surface area (Å²) in [5.74, 6) is -1.97. The van der Waals surface area contributed by atoms with E-state index in [0.717, 1.165) is 18.3 Å². The number of halogens is 2. The van der Waals surface area contributed by atoms with Gasteiger partial charge in [0.1, 0.15) is 29.0 Å². The highest BCUT2D eigenvalue weighted by molar-refractivity contribution is 5.97. The van der Waals surface area contributed by atoms with Crippen molar-refractivity contribution in [1.29, 1.82) is 5.26 Å². The summed E-state index contributed by atoms with van der Waals surface area (Å²) in [6.07, 6.45) is 0.983. The molecule has 0 aliphatic heterocycles. The minimum atomic E-state index is -0.805. The van der Waals surface area contributed by atoms with E-state index in [0.29, 0.717) is 6.54 Å². The molecule has 1 amide bonds. The van der Waals surface area contributed by atoms with Crippen LogP contribution in [0.5, 0.6) is 0 Å². The fourth-order valence-corrected chi connectivity index (χ4v) is 1.32. The number of anilines is 1. The maximum Gasteiger partial charge on any atom is 0.263 e. The number of hydrogen-bond donors (Lipinski definition) is 2. The maximum atomic E-state index is 13.3. The number of amides is 1. The van der Waals surface area contributed by atoms with Gasteiger partial charge in [-0.1, -0.05) is 19.9 Å². The van der Waals surface area contributed by atoms with Crippen LogP contribution in [0, 0.1) is 28.9 Å². The molecule has 2 N–H and O–H groups in total. The number of hydrogen-bond acceptors (Lipinski definition) is 3. The van der Waals surface area contributed by atoms with Crippen LogP contribution in [-0.2, 0) is 4.79 Å². The number of nitrogens with zero attached hydrogens (tertiary/aromatic N) is 1. The molecule has 0 heterocycles. The Balaban J connectivity index is 2.81. The van der Waals surface area contributed by atoms with Crippen molar-refractivity contribution in [2.24, 2.45) is 5.92 Å². The fraction of sp³-hybridized carbons (Fsp3) is 0.286. The van der Waals surface area contributed by atoms with E-state index in [9.17, 15) is 13.6 Å². The van der Waals surface area contributed by atoms with Gasteiger partial charge in [-0.25, -0.2) is 8.78 Å². The molecule has 0 radical (unpaired) electrons. The van der Waals surface area contributed by atoms with Crippen molar-refractivity contribution in [1.82, 2.24) is 5.32 Å². The van der Waals surface area contributed by atoms with Crippen molar-refractivity contribution in [2.75, 3.05) is 11.9 Å². The molecule has 1 aromatic rings. The van der Waals surface area contributed by atoms with Crippen molar-refractivity contribution in [3.05, 3.63) is 41.6 Å². The van der Waals surface area contributed by atoms with Gasteiger partial charge in [0.2, 0.25) is 0 Å². The molecule has 0 unspecified atom stereocenters. The topological polar surface area (TPSA) is 64.9 Å². The summed E-state index contributed by atoms with van der Waals surface area (Å²) in [7, 11) is 0. The Morgan fingerprint density at radius 1 is 1.40 bits per heavy atom. The van der Waals surface area contributed by atoms with Gasteiger partial charge in [-0.2, -0.15) is 5.26 Å². The van der Waals surface area contributed by atoms with Gasteiger partial charge >= 0.3 is 0 Å². The van der Waals surface area contributed by atoms with E-state index in [4.69, 9.17) is 5.26 Å². The van der Waals surface area contributed by atoms with E-state index in [1.54, 1.807) is 6.07 Å². The Morgan fingerprint density at radius 2 is 2.00 bits per heavy atom. The lowest BCUT2D eigenvalue weighted by molar-refractivity contribution is -0.117. The van der Waals surface area contributed by atoms with E-state index in [1.165, 1.54) is 6.07 Å². The smallest absolute Gasteiger partial charge is 0.263 e. The van der Waals surface area contributed by atoms with Crippen LogP contribution in [0.2, 0.25) is 0 Å². The van der Waals surface area contributed by atoms with Crippen molar-refractivity contribution in [3.63, 3.8) is 0 Å². The first-order valence-electron chi connectivity index (χ1n) is 6.04. The minimum Gasteiger partial charge on any atom is -0.355 e. The van der Waals surface area contributed by atoms with Crippen LogP contribution >= 0.6 is 0 Å². The van der Waals surface area contributed by atoms with Crippen LogP contribution in [0.1, 0.15) is 13.8 Å². The summed E-state index contributed by atoms with van der Waals surface area (Å²) in [5.41, 5.74) is -0.662. The molecule has 1 rings (SSSR count). The first-order chi connectivity index (χ1) is 9.45. The molecule has 20 heavy (non-hydrogen) atoms. The van der Waals surface area contributed by atoms with E-state index in [-0.39, 0.29) is 11.5 Å². The lowest BCUT2D eigenvalue weighted by Crippen LogP contribution is -2.28. The monoisotopic (exact) mass is 279 g/mol. The molecule has 0 spiro atoms. The molecule has 0 saturated heterocycles. The number of nitrogens with one attached hydrogen (secondary N) is 2. The summed E-state index contributed by atoms with van der Waals surface area (Å²) in [6.45, 7) is 4.22. The molecule has 0 aliphatic carbocycles. The summed E-state index contributed by atoms with van der Waals surface area (Å²) in [6, 6.07) is 5.05. The Kier molecular flexibility index (Phi) is 5.66.